The molecule has 1 amide bonds. The Morgan fingerprint density at radius 2 is 2.09 bits per heavy atom. The predicted molar refractivity (Wildman–Crippen MR) is 94.5 cm³/mol. The molecule has 1 unspecified atom stereocenters. The van der Waals surface area contributed by atoms with Gasteiger partial charge in [-0.25, -0.2) is 4.68 Å². The maximum absolute atomic E-state index is 12.3. The number of fused-ring (bicyclic) bond motifs is 1. The van der Waals surface area contributed by atoms with E-state index in [0.717, 1.165) is 21.6 Å². The minimum atomic E-state index is -0.0349. The number of nitrogens with zero attached hydrogens (tertiary/aromatic N) is 2. The molecule has 1 atom stereocenters. The molecule has 0 bridgehead atoms. The molecule has 6 heteroatoms. The van der Waals surface area contributed by atoms with Crippen molar-refractivity contribution in [1.29, 1.82) is 0 Å². The zero-order chi connectivity index (χ0) is 16.4. The summed E-state index contributed by atoms with van der Waals surface area (Å²) in [5, 5.41) is 11.7. The van der Waals surface area contributed by atoms with Crippen molar-refractivity contribution in [3.05, 3.63) is 47.0 Å². The molecule has 0 radical (unpaired) electrons. The highest BCUT2D eigenvalue weighted by atomic mass is 32.1. The Bertz CT molecular complexity index is 822. The first-order valence-corrected chi connectivity index (χ1v) is 8.42. The molecule has 3 rings (SSSR count). The molecule has 2 aromatic heterocycles. The molecule has 0 aliphatic rings. The Morgan fingerprint density at radius 3 is 2.78 bits per heavy atom. The van der Waals surface area contributed by atoms with Gasteiger partial charge in [-0.3, -0.25) is 4.79 Å². The molecule has 0 aliphatic heterocycles. The standard InChI is InChI=1S/C17H20N4OS/c1-11(18-3)10-19-16(22)15-9-14-12(2)20-21(17(14)23-15)13-7-5-4-6-8-13/h4-9,11,18H,10H2,1-3H3,(H,19,22). The first-order valence-electron chi connectivity index (χ1n) is 7.60. The molecule has 5 nitrogen and oxygen atoms in total. The molecule has 0 saturated heterocycles. The highest BCUT2D eigenvalue weighted by Crippen LogP contribution is 2.30. The van der Waals surface area contributed by atoms with E-state index in [1.165, 1.54) is 11.3 Å². The normalized spacial score (nSPS) is 12.5. The van der Waals surface area contributed by atoms with Gasteiger partial charge in [-0.1, -0.05) is 18.2 Å². The van der Waals surface area contributed by atoms with Crippen molar-refractivity contribution in [2.75, 3.05) is 13.6 Å². The molecule has 0 aliphatic carbocycles. The van der Waals surface area contributed by atoms with Crippen molar-refractivity contribution in [1.82, 2.24) is 20.4 Å². The van der Waals surface area contributed by atoms with Gasteiger partial charge in [-0.2, -0.15) is 5.10 Å². The van der Waals surface area contributed by atoms with Crippen LogP contribution in [0.5, 0.6) is 0 Å². The van der Waals surface area contributed by atoms with Crippen LogP contribution < -0.4 is 10.6 Å². The number of hydrogen-bond donors (Lipinski definition) is 2. The monoisotopic (exact) mass is 328 g/mol. The lowest BCUT2D eigenvalue weighted by atomic mass is 10.3. The smallest absolute Gasteiger partial charge is 0.261 e. The fraction of sp³-hybridized carbons (Fsp3) is 0.294. The van der Waals surface area contributed by atoms with E-state index in [-0.39, 0.29) is 11.9 Å². The van der Waals surface area contributed by atoms with Gasteiger partial charge in [0.2, 0.25) is 0 Å². The summed E-state index contributed by atoms with van der Waals surface area (Å²) in [6.45, 7) is 4.61. The Kier molecular flexibility index (Phi) is 4.45. The van der Waals surface area contributed by atoms with E-state index < -0.39 is 0 Å². The second-order valence-corrected chi connectivity index (χ2v) is 6.59. The number of aromatic nitrogens is 2. The van der Waals surface area contributed by atoms with E-state index in [0.29, 0.717) is 11.4 Å². The van der Waals surface area contributed by atoms with Crippen LogP contribution >= 0.6 is 11.3 Å². The molecule has 2 heterocycles. The van der Waals surface area contributed by atoms with E-state index in [1.54, 1.807) is 0 Å². The van der Waals surface area contributed by atoms with Gasteiger partial charge in [0.1, 0.15) is 4.83 Å². The van der Waals surface area contributed by atoms with Crippen molar-refractivity contribution in [2.24, 2.45) is 0 Å². The number of aryl methyl sites for hydroxylation is 1. The molecule has 2 N–H and O–H groups in total. The SMILES string of the molecule is CNC(C)CNC(=O)c1cc2c(C)nn(-c3ccccc3)c2s1. The first kappa shape index (κ1) is 15.7. The van der Waals surface area contributed by atoms with E-state index in [2.05, 4.69) is 15.7 Å². The van der Waals surface area contributed by atoms with Crippen LogP contribution in [-0.4, -0.2) is 35.3 Å². The highest BCUT2D eigenvalue weighted by molar-refractivity contribution is 7.20. The number of carbonyl (C=O) groups is 1. The van der Waals surface area contributed by atoms with Gasteiger partial charge in [-0.05, 0) is 39.1 Å². The van der Waals surface area contributed by atoms with E-state index >= 15 is 0 Å². The van der Waals surface area contributed by atoms with Gasteiger partial charge >= 0.3 is 0 Å². The van der Waals surface area contributed by atoms with Crippen LogP contribution in [0.2, 0.25) is 0 Å². The maximum atomic E-state index is 12.3. The minimum absolute atomic E-state index is 0.0349. The summed E-state index contributed by atoms with van der Waals surface area (Å²) in [4.78, 5) is 14.1. The molecule has 0 spiro atoms. The van der Waals surface area contributed by atoms with Gasteiger partial charge in [0.15, 0.2) is 0 Å². The third-order valence-corrected chi connectivity index (χ3v) is 4.94. The second-order valence-electron chi connectivity index (χ2n) is 5.56. The van der Waals surface area contributed by atoms with E-state index in [9.17, 15) is 4.79 Å². The van der Waals surface area contributed by atoms with Crippen LogP contribution in [0, 0.1) is 6.92 Å². The lowest BCUT2D eigenvalue weighted by Crippen LogP contribution is -2.36. The van der Waals surface area contributed by atoms with Gasteiger partial charge in [0.05, 0.1) is 16.3 Å². The summed E-state index contributed by atoms with van der Waals surface area (Å²) in [7, 11) is 1.88. The number of benzene rings is 1. The molecule has 120 valence electrons. The van der Waals surface area contributed by atoms with Gasteiger partial charge in [0, 0.05) is 18.0 Å². The average molecular weight is 328 g/mol. The van der Waals surface area contributed by atoms with Crippen LogP contribution in [0.25, 0.3) is 15.9 Å². The van der Waals surface area contributed by atoms with Crippen molar-refractivity contribution < 1.29 is 4.79 Å². The zero-order valence-electron chi connectivity index (χ0n) is 13.5. The number of nitrogens with one attached hydrogen (secondary N) is 2. The fourth-order valence-corrected chi connectivity index (χ4v) is 3.44. The fourth-order valence-electron chi connectivity index (χ4n) is 2.34. The summed E-state index contributed by atoms with van der Waals surface area (Å²) in [5.74, 6) is -0.0349. The van der Waals surface area contributed by atoms with Crippen LogP contribution in [-0.2, 0) is 0 Å². The predicted octanol–water partition coefficient (Wildman–Crippen LogP) is 2.73. The molecular formula is C17H20N4OS. The lowest BCUT2D eigenvalue weighted by molar-refractivity contribution is 0.0954. The quantitative estimate of drug-likeness (QED) is 0.757. The lowest BCUT2D eigenvalue weighted by Gasteiger charge is -2.10. The first-order chi connectivity index (χ1) is 11.1. The average Bonchev–Trinajstić information content (AvgIpc) is 3.14. The van der Waals surface area contributed by atoms with Crippen LogP contribution in [0.1, 0.15) is 22.3 Å². The Labute approximate surface area is 139 Å². The number of hydrogen-bond acceptors (Lipinski definition) is 4. The molecular weight excluding hydrogens is 308 g/mol. The number of thiophene rings is 1. The molecule has 3 aromatic rings. The van der Waals surface area contributed by atoms with Crippen molar-refractivity contribution >= 4 is 27.5 Å². The molecule has 1 aromatic carbocycles. The number of carbonyl (C=O) groups excluding carboxylic acids is 1. The summed E-state index contributed by atoms with van der Waals surface area (Å²) in [5.41, 5.74) is 1.94. The van der Waals surface area contributed by atoms with E-state index in [1.807, 2.05) is 62.0 Å². The largest absolute Gasteiger partial charge is 0.350 e. The molecule has 0 fully saturated rings. The summed E-state index contributed by atoms with van der Waals surface area (Å²) < 4.78 is 1.91. The van der Waals surface area contributed by atoms with Gasteiger partial charge in [-0.15, -0.1) is 11.3 Å². The topological polar surface area (TPSA) is 58.9 Å². The maximum Gasteiger partial charge on any atom is 0.261 e. The second kappa shape index (κ2) is 6.52. The number of likely N-dealkylation sites (N-methyl/N-ethyl adjacent to an activating group) is 1. The third-order valence-electron chi connectivity index (χ3n) is 3.83. The Hall–Kier alpha value is -2.18. The summed E-state index contributed by atoms with van der Waals surface area (Å²) >= 11 is 1.47. The Morgan fingerprint density at radius 1 is 1.35 bits per heavy atom. The van der Waals surface area contributed by atoms with Crippen LogP contribution in [0.4, 0.5) is 0 Å². The third kappa shape index (κ3) is 3.13. The van der Waals surface area contributed by atoms with Crippen molar-refractivity contribution in [3.63, 3.8) is 0 Å². The van der Waals surface area contributed by atoms with Crippen molar-refractivity contribution in [3.8, 4) is 5.69 Å². The van der Waals surface area contributed by atoms with E-state index in [4.69, 9.17) is 0 Å². The highest BCUT2D eigenvalue weighted by Gasteiger charge is 2.17. The minimum Gasteiger partial charge on any atom is -0.350 e. The number of para-hydroxylation sites is 1. The molecule has 23 heavy (non-hydrogen) atoms. The van der Waals surface area contributed by atoms with Gasteiger partial charge in [0.25, 0.3) is 5.91 Å². The van der Waals surface area contributed by atoms with Gasteiger partial charge < -0.3 is 10.6 Å². The zero-order valence-corrected chi connectivity index (χ0v) is 14.3. The number of amides is 1. The summed E-state index contributed by atoms with van der Waals surface area (Å²) in [6, 6.07) is 12.2. The van der Waals surface area contributed by atoms with Crippen LogP contribution in [0.3, 0.4) is 0 Å². The van der Waals surface area contributed by atoms with Crippen LogP contribution in [0.15, 0.2) is 36.4 Å². The number of rotatable bonds is 5. The van der Waals surface area contributed by atoms with Crippen molar-refractivity contribution in [2.45, 2.75) is 19.9 Å². The summed E-state index contributed by atoms with van der Waals surface area (Å²) in [6.07, 6.45) is 0. The Balaban J connectivity index is 1.92. The molecule has 0 saturated carbocycles.